The molecule has 9 heteroatoms. The zero-order valence-electron chi connectivity index (χ0n) is 13.9. The van der Waals surface area contributed by atoms with Gasteiger partial charge in [0.15, 0.2) is 0 Å². The minimum Gasteiger partial charge on any atom is -0.433 e. The van der Waals surface area contributed by atoms with Crippen LogP contribution in [0.3, 0.4) is 0 Å². The second kappa shape index (κ2) is 7.88. The van der Waals surface area contributed by atoms with E-state index >= 15 is 0 Å². The number of piperazine rings is 1. The molecule has 0 aromatic heterocycles. The number of alkyl halides is 2. The maximum atomic E-state index is 12.7. The minimum absolute atomic E-state index is 0.0413. The molecule has 2 N–H and O–H groups in total. The summed E-state index contributed by atoms with van der Waals surface area (Å²) in [6.45, 7) is 0.169. The van der Waals surface area contributed by atoms with Crippen molar-refractivity contribution in [2.45, 2.75) is 11.5 Å². The van der Waals surface area contributed by atoms with Crippen LogP contribution in [0.4, 0.5) is 20.2 Å². The van der Waals surface area contributed by atoms with Crippen molar-refractivity contribution in [1.29, 1.82) is 0 Å². The molecule has 6 nitrogen and oxygen atoms in total. The molecule has 1 aliphatic heterocycles. The molecule has 0 radical (unpaired) electrons. The highest BCUT2D eigenvalue weighted by Gasteiger charge is 2.19. The molecule has 1 saturated heterocycles. The van der Waals surface area contributed by atoms with Crippen molar-refractivity contribution in [3.8, 4) is 5.75 Å². The SMILES string of the molecule is O=S(=O)(Nc1ccccc1OC(F)F)c1cccc(N2CCNCC2)c1. The molecule has 140 valence electrons. The van der Waals surface area contributed by atoms with Gasteiger partial charge in [-0.2, -0.15) is 8.78 Å². The van der Waals surface area contributed by atoms with Crippen molar-refractivity contribution in [3.05, 3.63) is 48.5 Å². The van der Waals surface area contributed by atoms with Gasteiger partial charge in [-0.1, -0.05) is 18.2 Å². The first-order valence-corrected chi connectivity index (χ1v) is 9.56. The Kier molecular flexibility index (Phi) is 5.58. The fourth-order valence-corrected chi connectivity index (χ4v) is 3.83. The van der Waals surface area contributed by atoms with Gasteiger partial charge in [-0.15, -0.1) is 0 Å². The maximum absolute atomic E-state index is 12.7. The predicted molar refractivity (Wildman–Crippen MR) is 95.4 cm³/mol. The number of benzene rings is 2. The van der Waals surface area contributed by atoms with Gasteiger partial charge >= 0.3 is 6.61 Å². The molecule has 0 bridgehead atoms. The fraction of sp³-hybridized carbons (Fsp3) is 0.294. The second-order valence-electron chi connectivity index (χ2n) is 5.71. The Morgan fingerprint density at radius 3 is 2.54 bits per heavy atom. The van der Waals surface area contributed by atoms with Crippen LogP contribution in [0.1, 0.15) is 0 Å². The van der Waals surface area contributed by atoms with Crippen LogP contribution < -0.4 is 19.7 Å². The van der Waals surface area contributed by atoms with Crippen LogP contribution >= 0.6 is 0 Å². The Labute approximate surface area is 150 Å². The summed E-state index contributed by atoms with van der Waals surface area (Å²) in [6, 6.07) is 12.2. The van der Waals surface area contributed by atoms with E-state index in [0.717, 1.165) is 31.9 Å². The highest BCUT2D eigenvalue weighted by Crippen LogP contribution is 2.29. The van der Waals surface area contributed by atoms with E-state index < -0.39 is 16.6 Å². The normalized spacial score (nSPS) is 15.1. The molecule has 26 heavy (non-hydrogen) atoms. The lowest BCUT2D eigenvalue weighted by Gasteiger charge is -2.29. The number of para-hydroxylation sites is 2. The van der Waals surface area contributed by atoms with E-state index in [1.54, 1.807) is 12.1 Å². The first-order valence-electron chi connectivity index (χ1n) is 8.08. The average molecular weight is 383 g/mol. The van der Waals surface area contributed by atoms with Gasteiger partial charge in [-0.05, 0) is 30.3 Å². The molecule has 1 fully saturated rings. The molecular formula is C17H19F2N3O3S. The minimum atomic E-state index is -3.95. The highest BCUT2D eigenvalue weighted by molar-refractivity contribution is 7.92. The number of nitrogens with one attached hydrogen (secondary N) is 2. The summed E-state index contributed by atoms with van der Waals surface area (Å²) in [7, 11) is -3.95. The molecule has 0 spiro atoms. The monoisotopic (exact) mass is 383 g/mol. The Morgan fingerprint density at radius 1 is 1.08 bits per heavy atom. The summed E-state index contributed by atoms with van der Waals surface area (Å²) < 4.78 is 57.1. The quantitative estimate of drug-likeness (QED) is 0.802. The van der Waals surface area contributed by atoms with Crippen molar-refractivity contribution in [1.82, 2.24) is 5.32 Å². The van der Waals surface area contributed by atoms with Crippen molar-refractivity contribution < 1.29 is 21.9 Å². The van der Waals surface area contributed by atoms with Crippen LogP contribution in [0.15, 0.2) is 53.4 Å². The zero-order valence-corrected chi connectivity index (χ0v) is 14.7. The number of hydrogen-bond donors (Lipinski definition) is 2. The number of hydrogen-bond acceptors (Lipinski definition) is 5. The third-order valence-corrected chi connectivity index (χ3v) is 5.32. The largest absolute Gasteiger partial charge is 0.433 e. The van der Waals surface area contributed by atoms with Crippen LogP contribution in [0.5, 0.6) is 5.75 Å². The lowest BCUT2D eigenvalue weighted by atomic mass is 10.2. The van der Waals surface area contributed by atoms with Crippen LogP contribution in [0.2, 0.25) is 0 Å². The lowest BCUT2D eigenvalue weighted by molar-refractivity contribution is -0.0493. The number of sulfonamides is 1. The van der Waals surface area contributed by atoms with Gasteiger partial charge in [0.25, 0.3) is 10.0 Å². The van der Waals surface area contributed by atoms with Gasteiger partial charge in [0, 0.05) is 31.9 Å². The van der Waals surface area contributed by atoms with E-state index in [2.05, 4.69) is 19.7 Å². The summed E-state index contributed by atoms with van der Waals surface area (Å²) in [5.74, 6) is -0.232. The van der Waals surface area contributed by atoms with Crippen LogP contribution in [-0.4, -0.2) is 41.2 Å². The van der Waals surface area contributed by atoms with E-state index in [1.165, 1.54) is 30.3 Å². The molecule has 1 aliphatic rings. The predicted octanol–water partition coefficient (Wildman–Crippen LogP) is 2.50. The van der Waals surface area contributed by atoms with E-state index in [0.29, 0.717) is 0 Å². The zero-order chi connectivity index (χ0) is 18.6. The van der Waals surface area contributed by atoms with Gasteiger partial charge in [0.2, 0.25) is 0 Å². The Bertz CT molecular complexity index is 856. The average Bonchev–Trinajstić information content (AvgIpc) is 2.64. The van der Waals surface area contributed by atoms with Crippen LogP contribution in [0.25, 0.3) is 0 Å². The van der Waals surface area contributed by atoms with Crippen molar-refractivity contribution in [2.24, 2.45) is 0 Å². The number of rotatable bonds is 6. The van der Waals surface area contributed by atoms with Gasteiger partial charge in [-0.25, -0.2) is 8.42 Å². The van der Waals surface area contributed by atoms with E-state index in [1.807, 2.05) is 6.07 Å². The molecule has 1 heterocycles. The maximum Gasteiger partial charge on any atom is 0.387 e. The molecule has 3 rings (SSSR count). The molecule has 0 unspecified atom stereocenters. The first-order chi connectivity index (χ1) is 12.5. The molecule has 0 saturated carbocycles. The molecule has 2 aromatic rings. The van der Waals surface area contributed by atoms with Gasteiger partial charge < -0.3 is 15.0 Å². The summed E-state index contributed by atoms with van der Waals surface area (Å²) in [4.78, 5) is 2.14. The third-order valence-electron chi connectivity index (χ3n) is 3.96. The summed E-state index contributed by atoms with van der Waals surface area (Å²) in [6.07, 6.45) is 0. The topological polar surface area (TPSA) is 70.7 Å². The van der Waals surface area contributed by atoms with Crippen molar-refractivity contribution in [2.75, 3.05) is 35.8 Å². The fourth-order valence-electron chi connectivity index (χ4n) is 2.72. The van der Waals surface area contributed by atoms with Crippen molar-refractivity contribution in [3.63, 3.8) is 0 Å². The van der Waals surface area contributed by atoms with Gasteiger partial charge in [0.1, 0.15) is 5.75 Å². The Hall–Kier alpha value is -2.39. The van der Waals surface area contributed by atoms with Crippen LogP contribution in [-0.2, 0) is 10.0 Å². The highest BCUT2D eigenvalue weighted by atomic mass is 32.2. The van der Waals surface area contributed by atoms with E-state index in [9.17, 15) is 17.2 Å². The van der Waals surface area contributed by atoms with Crippen molar-refractivity contribution >= 4 is 21.4 Å². The van der Waals surface area contributed by atoms with E-state index in [-0.39, 0.29) is 16.3 Å². The van der Waals surface area contributed by atoms with E-state index in [4.69, 9.17) is 0 Å². The smallest absolute Gasteiger partial charge is 0.387 e. The Morgan fingerprint density at radius 2 is 1.81 bits per heavy atom. The summed E-state index contributed by atoms with van der Waals surface area (Å²) >= 11 is 0. The molecule has 0 aliphatic carbocycles. The van der Waals surface area contributed by atoms with Gasteiger partial charge in [-0.3, -0.25) is 4.72 Å². The Balaban J connectivity index is 1.85. The molecule has 0 atom stereocenters. The number of anilines is 2. The number of halogens is 2. The lowest BCUT2D eigenvalue weighted by Crippen LogP contribution is -2.43. The molecule has 2 aromatic carbocycles. The number of nitrogens with zero attached hydrogens (tertiary/aromatic N) is 1. The first kappa shape index (κ1) is 18.4. The van der Waals surface area contributed by atoms with Crippen LogP contribution in [0, 0.1) is 0 Å². The molecular weight excluding hydrogens is 364 g/mol. The standard InChI is InChI=1S/C17H19F2N3O3S/c18-17(19)25-16-7-2-1-6-15(16)21-26(23,24)14-5-3-4-13(12-14)22-10-8-20-9-11-22/h1-7,12,17,20-21H,8-11H2. The number of ether oxygens (including phenoxy) is 1. The van der Waals surface area contributed by atoms with Gasteiger partial charge in [0.05, 0.1) is 10.6 Å². The third kappa shape index (κ3) is 4.41. The second-order valence-corrected chi connectivity index (χ2v) is 7.40. The summed E-state index contributed by atoms with van der Waals surface area (Å²) in [5.41, 5.74) is 0.756. The summed E-state index contributed by atoms with van der Waals surface area (Å²) in [5, 5.41) is 3.24. The molecule has 0 amide bonds.